The van der Waals surface area contributed by atoms with Gasteiger partial charge in [0.1, 0.15) is 17.3 Å². The molecule has 1 saturated heterocycles. The Morgan fingerprint density at radius 2 is 1.76 bits per heavy atom. The molecule has 2 aromatic carbocycles. The van der Waals surface area contributed by atoms with Crippen molar-refractivity contribution in [3.8, 4) is 11.5 Å². The van der Waals surface area contributed by atoms with Crippen molar-refractivity contribution in [3.63, 3.8) is 0 Å². The molecule has 1 aliphatic rings. The smallest absolute Gasteiger partial charge is 0.257 e. The topological polar surface area (TPSA) is 63.7 Å². The molecule has 1 N–H and O–H groups in total. The number of nitrogens with one attached hydrogen (secondary N) is 1. The molecule has 6 nitrogen and oxygen atoms in total. The van der Waals surface area contributed by atoms with Crippen LogP contribution >= 0.6 is 0 Å². The quantitative estimate of drug-likeness (QED) is 0.694. The first-order valence-electron chi connectivity index (χ1n) is 9.87. The summed E-state index contributed by atoms with van der Waals surface area (Å²) in [5.74, 6) is 1.94. The third-order valence-electron chi connectivity index (χ3n) is 5.33. The lowest BCUT2D eigenvalue weighted by atomic mass is 10.0. The fourth-order valence-electron chi connectivity index (χ4n) is 3.81. The Kier molecular flexibility index (Phi) is 5.51. The molecule has 1 amide bonds. The third kappa shape index (κ3) is 3.83. The minimum Gasteiger partial charge on any atom is -0.497 e. The van der Waals surface area contributed by atoms with Crippen LogP contribution < -0.4 is 19.7 Å². The van der Waals surface area contributed by atoms with Gasteiger partial charge in [-0.3, -0.25) is 4.79 Å². The Morgan fingerprint density at radius 1 is 1.00 bits per heavy atom. The molecule has 4 rings (SSSR count). The van der Waals surface area contributed by atoms with Crippen LogP contribution in [0.25, 0.3) is 10.8 Å². The molecular weight excluding hydrogens is 366 g/mol. The second-order valence-corrected chi connectivity index (χ2v) is 7.11. The van der Waals surface area contributed by atoms with Crippen LogP contribution in [0.15, 0.2) is 48.7 Å². The highest BCUT2D eigenvalue weighted by atomic mass is 16.5. The van der Waals surface area contributed by atoms with Gasteiger partial charge >= 0.3 is 0 Å². The average molecular weight is 391 g/mol. The fourth-order valence-corrected chi connectivity index (χ4v) is 3.81. The first kappa shape index (κ1) is 19.1. The summed E-state index contributed by atoms with van der Waals surface area (Å²) in [5, 5.41) is 4.85. The highest BCUT2D eigenvalue weighted by molar-refractivity contribution is 6.14. The number of methoxy groups -OCH3 is 2. The number of pyridine rings is 1. The van der Waals surface area contributed by atoms with E-state index in [4.69, 9.17) is 9.47 Å². The van der Waals surface area contributed by atoms with E-state index in [-0.39, 0.29) is 5.91 Å². The molecule has 0 radical (unpaired) electrons. The second kappa shape index (κ2) is 8.39. The molecular formula is C23H25N3O3. The van der Waals surface area contributed by atoms with E-state index in [1.807, 2.05) is 24.3 Å². The van der Waals surface area contributed by atoms with Crippen molar-refractivity contribution in [1.82, 2.24) is 4.98 Å². The number of hydrogen-bond donors (Lipinski definition) is 1. The summed E-state index contributed by atoms with van der Waals surface area (Å²) in [5.41, 5.74) is 1.13. The van der Waals surface area contributed by atoms with Gasteiger partial charge in [0, 0.05) is 30.7 Å². The van der Waals surface area contributed by atoms with Crippen LogP contribution in [-0.4, -0.2) is 38.2 Å². The molecule has 6 heteroatoms. The summed E-state index contributed by atoms with van der Waals surface area (Å²) in [4.78, 5) is 20.1. The Balaban J connectivity index is 1.68. The number of ether oxygens (including phenoxy) is 2. The predicted molar refractivity (Wildman–Crippen MR) is 115 cm³/mol. The van der Waals surface area contributed by atoms with Crippen LogP contribution in [-0.2, 0) is 0 Å². The van der Waals surface area contributed by atoms with E-state index in [1.54, 1.807) is 38.6 Å². The molecule has 0 bridgehead atoms. The number of aromatic nitrogens is 1. The predicted octanol–water partition coefficient (Wildman–Crippen LogP) is 4.49. The number of nitrogens with zero attached hydrogens (tertiary/aromatic N) is 2. The molecule has 0 saturated carbocycles. The average Bonchev–Trinajstić information content (AvgIpc) is 2.79. The highest BCUT2D eigenvalue weighted by Gasteiger charge is 2.19. The first-order valence-corrected chi connectivity index (χ1v) is 9.87. The molecule has 0 atom stereocenters. The highest BCUT2D eigenvalue weighted by Crippen LogP contribution is 2.32. The van der Waals surface area contributed by atoms with Gasteiger partial charge in [0.15, 0.2) is 0 Å². The van der Waals surface area contributed by atoms with Crippen LogP contribution in [0.5, 0.6) is 11.5 Å². The van der Waals surface area contributed by atoms with Gasteiger partial charge in [0.2, 0.25) is 0 Å². The number of carbonyl (C=O) groups excluding carboxylic acids is 1. The number of benzene rings is 2. The zero-order chi connectivity index (χ0) is 20.2. The summed E-state index contributed by atoms with van der Waals surface area (Å²) >= 11 is 0. The van der Waals surface area contributed by atoms with Gasteiger partial charge in [-0.05, 0) is 36.8 Å². The lowest BCUT2D eigenvalue weighted by molar-refractivity contribution is 0.102. The molecule has 1 fully saturated rings. The summed E-state index contributed by atoms with van der Waals surface area (Å²) in [7, 11) is 3.16. The van der Waals surface area contributed by atoms with E-state index in [9.17, 15) is 4.79 Å². The van der Waals surface area contributed by atoms with Crippen molar-refractivity contribution in [2.75, 3.05) is 37.5 Å². The standard InChI is InChI=1S/C23H25N3O3/c1-28-16-10-11-20(21(14-16)29-2)25-23(27)19-15-24-22(26-12-6-3-7-13-26)18-9-5-4-8-17(18)19/h4-5,8-11,14-15H,3,6-7,12-13H2,1-2H3,(H,25,27). The molecule has 0 unspecified atom stereocenters. The Labute approximate surface area is 170 Å². The van der Waals surface area contributed by atoms with Gasteiger partial charge in [-0.25, -0.2) is 4.98 Å². The maximum Gasteiger partial charge on any atom is 0.257 e. The SMILES string of the molecule is COc1ccc(NC(=O)c2cnc(N3CCCCC3)c3ccccc23)c(OC)c1. The largest absolute Gasteiger partial charge is 0.497 e. The monoisotopic (exact) mass is 391 g/mol. The van der Waals surface area contributed by atoms with E-state index in [2.05, 4.69) is 15.2 Å². The van der Waals surface area contributed by atoms with Crippen molar-refractivity contribution >= 4 is 28.2 Å². The summed E-state index contributed by atoms with van der Waals surface area (Å²) in [6.07, 6.45) is 5.29. The summed E-state index contributed by atoms with van der Waals surface area (Å²) in [6.45, 7) is 2.01. The normalized spacial score (nSPS) is 13.9. The fraction of sp³-hybridized carbons (Fsp3) is 0.304. The number of rotatable bonds is 5. The zero-order valence-electron chi connectivity index (χ0n) is 16.8. The number of anilines is 2. The lowest BCUT2D eigenvalue weighted by Crippen LogP contribution is -2.30. The Bertz CT molecular complexity index is 1030. The van der Waals surface area contributed by atoms with Crippen LogP contribution in [0.4, 0.5) is 11.5 Å². The van der Waals surface area contributed by atoms with E-state index >= 15 is 0 Å². The number of hydrogen-bond acceptors (Lipinski definition) is 5. The van der Waals surface area contributed by atoms with Crippen LogP contribution in [0.3, 0.4) is 0 Å². The number of carbonyl (C=O) groups is 1. The maximum atomic E-state index is 13.1. The lowest BCUT2D eigenvalue weighted by Gasteiger charge is -2.29. The molecule has 0 aliphatic carbocycles. The van der Waals surface area contributed by atoms with Crippen LogP contribution in [0, 0.1) is 0 Å². The van der Waals surface area contributed by atoms with Crippen molar-refractivity contribution in [3.05, 3.63) is 54.2 Å². The third-order valence-corrected chi connectivity index (χ3v) is 5.33. The van der Waals surface area contributed by atoms with E-state index < -0.39 is 0 Å². The van der Waals surface area contributed by atoms with Gasteiger partial charge < -0.3 is 19.7 Å². The number of piperidine rings is 1. The number of fused-ring (bicyclic) bond motifs is 1. The van der Waals surface area contributed by atoms with Gasteiger partial charge in [-0.1, -0.05) is 24.3 Å². The summed E-state index contributed by atoms with van der Waals surface area (Å²) < 4.78 is 10.6. The summed E-state index contributed by atoms with van der Waals surface area (Å²) in [6, 6.07) is 13.3. The van der Waals surface area contributed by atoms with Crippen LogP contribution in [0.1, 0.15) is 29.6 Å². The molecule has 3 aromatic rings. The Morgan fingerprint density at radius 3 is 2.48 bits per heavy atom. The van der Waals surface area contributed by atoms with Crippen molar-refractivity contribution in [2.24, 2.45) is 0 Å². The molecule has 150 valence electrons. The van der Waals surface area contributed by atoms with Gasteiger partial charge in [0.25, 0.3) is 5.91 Å². The van der Waals surface area contributed by atoms with E-state index in [0.29, 0.717) is 22.7 Å². The van der Waals surface area contributed by atoms with Crippen molar-refractivity contribution < 1.29 is 14.3 Å². The van der Waals surface area contributed by atoms with E-state index in [0.717, 1.165) is 29.7 Å². The Hall–Kier alpha value is -3.28. The first-order chi connectivity index (χ1) is 14.2. The van der Waals surface area contributed by atoms with Gasteiger partial charge in [-0.15, -0.1) is 0 Å². The second-order valence-electron chi connectivity index (χ2n) is 7.11. The van der Waals surface area contributed by atoms with Crippen molar-refractivity contribution in [2.45, 2.75) is 19.3 Å². The van der Waals surface area contributed by atoms with Gasteiger partial charge in [-0.2, -0.15) is 0 Å². The van der Waals surface area contributed by atoms with Crippen LogP contribution in [0.2, 0.25) is 0 Å². The minimum atomic E-state index is -0.220. The number of amides is 1. The molecule has 0 spiro atoms. The van der Waals surface area contributed by atoms with E-state index in [1.165, 1.54) is 19.3 Å². The molecule has 2 heterocycles. The van der Waals surface area contributed by atoms with Crippen molar-refractivity contribution in [1.29, 1.82) is 0 Å². The zero-order valence-corrected chi connectivity index (χ0v) is 16.8. The maximum absolute atomic E-state index is 13.1. The molecule has 1 aliphatic heterocycles. The minimum absolute atomic E-state index is 0.220. The molecule has 29 heavy (non-hydrogen) atoms. The molecule has 1 aromatic heterocycles. The van der Waals surface area contributed by atoms with Gasteiger partial charge in [0.05, 0.1) is 25.5 Å².